The summed E-state index contributed by atoms with van der Waals surface area (Å²) in [5.41, 5.74) is 1.24. The first-order valence-electron chi connectivity index (χ1n) is 9.48. The summed E-state index contributed by atoms with van der Waals surface area (Å²) in [5, 5.41) is 9.32. The van der Waals surface area contributed by atoms with E-state index in [0.717, 1.165) is 31.3 Å². The van der Waals surface area contributed by atoms with Gasteiger partial charge in [-0.15, -0.1) is 0 Å². The molecule has 1 aliphatic rings. The Bertz CT molecular complexity index is 759. The van der Waals surface area contributed by atoms with Crippen LogP contribution in [0.15, 0.2) is 41.4 Å². The zero-order chi connectivity index (χ0) is 18.4. The highest BCUT2D eigenvalue weighted by Gasteiger charge is 2.22. The lowest BCUT2D eigenvalue weighted by atomic mass is 10.1. The maximum atomic E-state index is 5.29. The Kier molecular flexibility index (Phi) is 6.34. The lowest BCUT2D eigenvalue weighted by molar-refractivity contribution is 0.267. The van der Waals surface area contributed by atoms with Crippen molar-refractivity contribution in [3.05, 3.63) is 42.0 Å². The third-order valence-corrected chi connectivity index (χ3v) is 5.21. The fourth-order valence-electron chi connectivity index (χ4n) is 3.67. The monoisotopic (exact) mass is 354 g/mol. The number of rotatable bonds is 6. The molecule has 1 fully saturated rings. The zero-order valence-electron chi connectivity index (χ0n) is 16.1. The van der Waals surface area contributed by atoms with Crippen molar-refractivity contribution in [1.29, 1.82) is 0 Å². The Morgan fingerprint density at radius 1 is 1.19 bits per heavy atom. The molecule has 2 aromatic carbocycles. The molecule has 0 bridgehead atoms. The fourth-order valence-corrected chi connectivity index (χ4v) is 3.67. The number of hydrogen-bond acceptors (Lipinski definition) is 3. The molecule has 3 rings (SSSR count). The minimum atomic E-state index is 0.620. The fraction of sp³-hybridized carbons (Fsp3) is 0.476. The van der Waals surface area contributed by atoms with Crippen LogP contribution in [0.3, 0.4) is 0 Å². The molecule has 0 saturated carbocycles. The van der Waals surface area contributed by atoms with E-state index in [2.05, 4.69) is 57.8 Å². The minimum Gasteiger partial charge on any atom is -0.497 e. The maximum Gasteiger partial charge on any atom is 0.191 e. The molecule has 5 nitrogen and oxygen atoms in total. The number of methoxy groups -OCH3 is 1. The van der Waals surface area contributed by atoms with E-state index in [1.54, 1.807) is 7.11 Å². The smallest absolute Gasteiger partial charge is 0.191 e. The minimum absolute atomic E-state index is 0.620. The van der Waals surface area contributed by atoms with Crippen LogP contribution >= 0.6 is 0 Å². The van der Waals surface area contributed by atoms with Crippen LogP contribution in [0.5, 0.6) is 5.75 Å². The van der Waals surface area contributed by atoms with E-state index in [4.69, 9.17) is 4.74 Å². The number of likely N-dealkylation sites (N-methyl/N-ethyl adjacent to an activating group) is 1. The quantitative estimate of drug-likeness (QED) is 0.618. The van der Waals surface area contributed by atoms with Crippen LogP contribution in [0.1, 0.15) is 25.3 Å². The Morgan fingerprint density at radius 3 is 2.77 bits per heavy atom. The molecule has 1 atom stereocenters. The molecule has 1 heterocycles. The molecule has 0 spiro atoms. The number of hydrogen-bond donors (Lipinski definition) is 2. The van der Waals surface area contributed by atoms with Gasteiger partial charge in [-0.1, -0.05) is 25.1 Å². The number of ether oxygens (including phenoxy) is 1. The van der Waals surface area contributed by atoms with Crippen molar-refractivity contribution < 1.29 is 4.74 Å². The van der Waals surface area contributed by atoms with Crippen molar-refractivity contribution in [2.75, 3.05) is 33.8 Å². The van der Waals surface area contributed by atoms with Crippen LogP contribution in [0, 0.1) is 0 Å². The Labute approximate surface area is 156 Å². The Balaban J connectivity index is 1.55. The number of guanidine groups is 1. The van der Waals surface area contributed by atoms with E-state index < -0.39 is 0 Å². The van der Waals surface area contributed by atoms with Gasteiger partial charge in [-0.25, -0.2) is 0 Å². The van der Waals surface area contributed by atoms with Gasteiger partial charge in [-0.05, 0) is 60.5 Å². The van der Waals surface area contributed by atoms with Gasteiger partial charge in [-0.2, -0.15) is 0 Å². The van der Waals surface area contributed by atoms with Gasteiger partial charge in [0.05, 0.1) is 7.11 Å². The maximum absolute atomic E-state index is 5.29. The van der Waals surface area contributed by atoms with E-state index in [1.165, 1.54) is 35.7 Å². The third kappa shape index (κ3) is 4.47. The first kappa shape index (κ1) is 18.5. The summed E-state index contributed by atoms with van der Waals surface area (Å²) in [5.74, 6) is 1.75. The summed E-state index contributed by atoms with van der Waals surface area (Å²) in [7, 11) is 3.53. The van der Waals surface area contributed by atoms with Gasteiger partial charge in [0.1, 0.15) is 5.75 Å². The molecule has 5 heteroatoms. The van der Waals surface area contributed by atoms with Crippen molar-refractivity contribution >= 4 is 16.7 Å². The summed E-state index contributed by atoms with van der Waals surface area (Å²) in [4.78, 5) is 6.90. The highest BCUT2D eigenvalue weighted by Crippen LogP contribution is 2.21. The first-order chi connectivity index (χ1) is 12.7. The zero-order valence-corrected chi connectivity index (χ0v) is 16.1. The van der Waals surface area contributed by atoms with Gasteiger partial charge in [-0.3, -0.25) is 9.89 Å². The summed E-state index contributed by atoms with van der Waals surface area (Å²) in [6, 6.07) is 13.3. The van der Waals surface area contributed by atoms with Gasteiger partial charge >= 0.3 is 0 Å². The second kappa shape index (κ2) is 8.90. The van der Waals surface area contributed by atoms with Gasteiger partial charge in [0.25, 0.3) is 0 Å². The normalized spacial score (nSPS) is 18.3. The summed E-state index contributed by atoms with van der Waals surface area (Å²) in [6.07, 6.45) is 2.57. The highest BCUT2D eigenvalue weighted by molar-refractivity contribution is 5.85. The van der Waals surface area contributed by atoms with Crippen molar-refractivity contribution in [1.82, 2.24) is 15.5 Å². The van der Waals surface area contributed by atoms with Crippen LogP contribution in [0.25, 0.3) is 10.8 Å². The van der Waals surface area contributed by atoms with Crippen LogP contribution < -0.4 is 15.4 Å². The number of aliphatic imine (C=N–C) groups is 1. The molecule has 0 aromatic heterocycles. The van der Waals surface area contributed by atoms with E-state index in [1.807, 2.05) is 13.1 Å². The average Bonchev–Trinajstić information content (AvgIpc) is 3.15. The molecular weight excluding hydrogens is 324 g/mol. The summed E-state index contributed by atoms with van der Waals surface area (Å²) in [6.45, 7) is 6.28. The Hall–Kier alpha value is -2.27. The van der Waals surface area contributed by atoms with Gasteiger partial charge in [0.15, 0.2) is 5.96 Å². The first-order valence-corrected chi connectivity index (χ1v) is 9.48. The third-order valence-electron chi connectivity index (χ3n) is 5.21. The summed E-state index contributed by atoms with van der Waals surface area (Å²) < 4.78 is 5.29. The van der Waals surface area contributed by atoms with Crippen molar-refractivity contribution in [3.63, 3.8) is 0 Å². The van der Waals surface area contributed by atoms with Crippen LogP contribution in [0.2, 0.25) is 0 Å². The molecule has 2 N–H and O–H groups in total. The molecule has 0 amide bonds. The lowest BCUT2D eigenvalue weighted by Gasteiger charge is -2.24. The number of likely N-dealkylation sites (tertiary alicyclic amines) is 1. The number of nitrogens with one attached hydrogen (secondary N) is 2. The molecule has 1 aliphatic heterocycles. The topological polar surface area (TPSA) is 48.9 Å². The van der Waals surface area contributed by atoms with E-state index in [-0.39, 0.29) is 0 Å². The molecule has 2 aromatic rings. The largest absolute Gasteiger partial charge is 0.497 e. The second-order valence-corrected chi connectivity index (χ2v) is 6.78. The molecule has 0 aliphatic carbocycles. The molecule has 1 saturated heterocycles. The predicted molar refractivity (Wildman–Crippen MR) is 109 cm³/mol. The van der Waals surface area contributed by atoms with Gasteiger partial charge < -0.3 is 15.4 Å². The van der Waals surface area contributed by atoms with Crippen molar-refractivity contribution in [2.24, 2.45) is 4.99 Å². The van der Waals surface area contributed by atoms with Crippen molar-refractivity contribution in [2.45, 2.75) is 32.4 Å². The average molecular weight is 354 g/mol. The molecule has 1 unspecified atom stereocenters. The molecule has 26 heavy (non-hydrogen) atoms. The number of nitrogens with zero attached hydrogens (tertiary/aromatic N) is 2. The number of fused-ring (bicyclic) bond motifs is 1. The lowest BCUT2D eigenvalue weighted by Crippen LogP contribution is -2.44. The van der Waals surface area contributed by atoms with Crippen LogP contribution in [-0.2, 0) is 6.54 Å². The SMILES string of the molecule is CCN1CCCC1CNC(=NC)NCc1ccc2cc(OC)ccc2c1. The standard InChI is InChI=1S/C21H30N4O/c1-4-25-11-5-6-19(25)15-24-21(22-2)23-14-16-7-8-18-13-20(26-3)10-9-17(18)12-16/h7-10,12-13,19H,4-6,11,14-15H2,1-3H3,(H2,22,23,24). The van der Waals surface area contributed by atoms with Crippen LogP contribution in [0.4, 0.5) is 0 Å². The van der Waals surface area contributed by atoms with Crippen molar-refractivity contribution in [3.8, 4) is 5.75 Å². The number of benzene rings is 2. The van der Waals surface area contributed by atoms with Crippen LogP contribution in [-0.4, -0.2) is 50.7 Å². The highest BCUT2D eigenvalue weighted by atomic mass is 16.5. The molecule has 140 valence electrons. The van der Waals surface area contributed by atoms with E-state index in [0.29, 0.717) is 6.04 Å². The predicted octanol–water partition coefficient (Wildman–Crippen LogP) is 3.00. The van der Waals surface area contributed by atoms with E-state index >= 15 is 0 Å². The van der Waals surface area contributed by atoms with Gasteiger partial charge in [0, 0.05) is 26.2 Å². The molecular formula is C21H30N4O. The molecule has 0 radical (unpaired) electrons. The van der Waals surface area contributed by atoms with E-state index in [9.17, 15) is 0 Å². The second-order valence-electron chi connectivity index (χ2n) is 6.78. The Morgan fingerprint density at radius 2 is 2.00 bits per heavy atom. The summed E-state index contributed by atoms with van der Waals surface area (Å²) >= 11 is 0. The van der Waals surface area contributed by atoms with Gasteiger partial charge in [0.2, 0.25) is 0 Å².